The van der Waals surface area contributed by atoms with Crippen molar-refractivity contribution in [2.24, 2.45) is 23.1 Å². The molecule has 240 valence electrons. The molecule has 1 saturated carbocycles. The zero-order valence-electron chi connectivity index (χ0n) is 22.8. The Bertz CT molecular complexity index is 814. The molecule has 41 heavy (non-hydrogen) atoms. The molecule has 4 fully saturated rings. The van der Waals surface area contributed by atoms with Gasteiger partial charge in [0.1, 0.15) is 36.6 Å². The van der Waals surface area contributed by atoms with Crippen LogP contribution in [0.2, 0.25) is 0 Å². The largest absolute Gasteiger partial charge is 0.395 e. The minimum atomic E-state index is -1.54. The second-order valence-corrected chi connectivity index (χ2v) is 11.6. The molecule has 4 rings (SSSR count). The predicted octanol–water partition coefficient (Wildman–Crippen LogP) is -8.46. The van der Waals surface area contributed by atoms with Gasteiger partial charge in [0.2, 0.25) is 0 Å². The number of hydrogen-bond donors (Lipinski definition) is 14. The first kappa shape index (κ1) is 33.2. The lowest BCUT2D eigenvalue weighted by molar-refractivity contribution is -0.308. The van der Waals surface area contributed by atoms with E-state index in [1.54, 1.807) is 0 Å². The van der Waals surface area contributed by atoms with Gasteiger partial charge in [0.15, 0.2) is 6.29 Å². The molecule has 4 aliphatic rings. The Kier molecular flexibility index (Phi) is 11.7. The van der Waals surface area contributed by atoms with E-state index in [0.29, 0.717) is 13.1 Å². The molecule has 3 aliphatic heterocycles. The zero-order valence-corrected chi connectivity index (χ0v) is 22.8. The Morgan fingerprint density at radius 2 is 1.56 bits per heavy atom. The van der Waals surface area contributed by atoms with Gasteiger partial charge in [-0.3, -0.25) is 0 Å². The van der Waals surface area contributed by atoms with Gasteiger partial charge in [-0.15, -0.1) is 0 Å². The minimum absolute atomic E-state index is 0.0234. The maximum atomic E-state index is 11.8. The standard InChI is InChI=1S/C24H48N6O11/c25-2-12-18(35)21(38)16(30-8-3-28-4-8)23(39-12)14-10(26)1-11(29-9(5-31)6-32)22(19(14)36)41-24-20(37)15(27)17(34)13(7-33)40-24/h8-24,28-38H,1-7,25-27H2. The van der Waals surface area contributed by atoms with Crippen molar-refractivity contribution in [2.75, 3.05) is 39.5 Å². The first-order chi connectivity index (χ1) is 19.6. The van der Waals surface area contributed by atoms with Crippen molar-refractivity contribution in [3.05, 3.63) is 0 Å². The highest BCUT2D eigenvalue weighted by molar-refractivity contribution is 5.09. The molecular formula is C24H48N6O11. The SMILES string of the molecule is NCC1OC(C2C(N)CC(NC(CO)CO)C(OC3OC(CO)C(O)C(N)C3O)C2O)C(NC2CNC2)C(O)C1O. The van der Waals surface area contributed by atoms with Crippen molar-refractivity contribution >= 4 is 0 Å². The van der Waals surface area contributed by atoms with Crippen LogP contribution in [0.3, 0.4) is 0 Å². The zero-order chi connectivity index (χ0) is 30.0. The van der Waals surface area contributed by atoms with Crippen LogP contribution in [0.15, 0.2) is 0 Å². The van der Waals surface area contributed by atoms with Gasteiger partial charge in [-0.25, -0.2) is 0 Å². The lowest BCUT2D eigenvalue weighted by Crippen LogP contribution is -2.74. The number of nitrogens with two attached hydrogens (primary N) is 3. The van der Waals surface area contributed by atoms with Crippen molar-refractivity contribution < 1.29 is 55.1 Å². The molecule has 0 amide bonds. The lowest BCUT2D eigenvalue weighted by atomic mass is 9.71. The van der Waals surface area contributed by atoms with Gasteiger partial charge in [-0.2, -0.15) is 0 Å². The average molecular weight is 597 g/mol. The Labute approximate surface area is 237 Å². The predicted molar refractivity (Wildman–Crippen MR) is 141 cm³/mol. The molecule has 0 spiro atoms. The molecule has 3 heterocycles. The van der Waals surface area contributed by atoms with Gasteiger partial charge < -0.3 is 88.2 Å². The second-order valence-electron chi connectivity index (χ2n) is 11.6. The van der Waals surface area contributed by atoms with Crippen LogP contribution in [0.4, 0.5) is 0 Å². The summed E-state index contributed by atoms with van der Waals surface area (Å²) in [5, 5.41) is 93.0. The van der Waals surface area contributed by atoms with Crippen LogP contribution in [0.25, 0.3) is 0 Å². The van der Waals surface area contributed by atoms with Crippen molar-refractivity contribution in [1.29, 1.82) is 0 Å². The number of ether oxygens (including phenoxy) is 3. The Morgan fingerprint density at radius 1 is 0.878 bits per heavy atom. The maximum absolute atomic E-state index is 11.8. The molecule has 1 aliphatic carbocycles. The third kappa shape index (κ3) is 6.86. The van der Waals surface area contributed by atoms with E-state index in [2.05, 4.69) is 16.0 Å². The fourth-order valence-corrected chi connectivity index (χ4v) is 6.31. The van der Waals surface area contributed by atoms with E-state index in [9.17, 15) is 40.9 Å². The summed E-state index contributed by atoms with van der Waals surface area (Å²) in [4.78, 5) is 0. The monoisotopic (exact) mass is 596 g/mol. The number of hydrogen-bond acceptors (Lipinski definition) is 17. The summed E-state index contributed by atoms with van der Waals surface area (Å²) in [5.74, 6) is -0.893. The van der Waals surface area contributed by atoms with Crippen LogP contribution >= 0.6 is 0 Å². The fraction of sp³-hybridized carbons (Fsp3) is 1.00. The normalized spacial score (nSPS) is 47.9. The van der Waals surface area contributed by atoms with Crippen LogP contribution in [-0.4, -0.2) is 178 Å². The molecule has 15 unspecified atom stereocenters. The molecule has 17 nitrogen and oxygen atoms in total. The maximum Gasteiger partial charge on any atom is 0.186 e. The molecule has 0 bridgehead atoms. The number of rotatable bonds is 11. The molecule has 15 atom stereocenters. The first-order valence-corrected chi connectivity index (χ1v) is 14.2. The van der Waals surface area contributed by atoms with Crippen molar-refractivity contribution in [3.63, 3.8) is 0 Å². The lowest BCUT2D eigenvalue weighted by Gasteiger charge is -2.54. The molecule has 17 N–H and O–H groups in total. The molecule has 0 aromatic heterocycles. The number of aliphatic hydroxyl groups excluding tert-OH is 8. The van der Waals surface area contributed by atoms with Gasteiger partial charge in [0, 0.05) is 43.7 Å². The summed E-state index contributed by atoms with van der Waals surface area (Å²) in [6.07, 6.45) is -12.5. The Balaban J connectivity index is 1.64. The molecule has 3 saturated heterocycles. The Morgan fingerprint density at radius 3 is 2.12 bits per heavy atom. The Hall–Kier alpha value is -0.680. The van der Waals surface area contributed by atoms with E-state index in [1.165, 1.54) is 0 Å². The van der Waals surface area contributed by atoms with Crippen LogP contribution < -0.4 is 33.2 Å². The smallest absolute Gasteiger partial charge is 0.186 e. The minimum Gasteiger partial charge on any atom is -0.395 e. The average Bonchev–Trinajstić information content (AvgIpc) is 2.93. The van der Waals surface area contributed by atoms with E-state index in [4.69, 9.17) is 31.4 Å². The van der Waals surface area contributed by atoms with Crippen molar-refractivity contribution in [2.45, 2.75) is 104 Å². The van der Waals surface area contributed by atoms with E-state index >= 15 is 0 Å². The summed E-state index contributed by atoms with van der Waals surface area (Å²) in [7, 11) is 0. The van der Waals surface area contributed by atoms with Gasteiger partial charge >= 0.3 is 0 Å². The van der Waals surface area contributed by atoms with E-state index in [1.807, 2.05) is 0 Å². The molecule has 0 aromatic carbocycles. The van der Waals surface area contributed by atoms with Crippen molar-refractivity contribution in [1.82, 2.24) is 16.0 Å². The highest BCUT2D eigenvalue weighted by atomic mass is 16.7. The highest BCUT2D eigenvalue weighted by Gasteiger charge is 2.56. The van der Waals surface area contributed by atoms with Gasteiger partial charge in [0.25, 0.3) is 0 Å². The molecule has 0 aromatic rings. The van der Waals surface area contributed by atoms with Gasteiger partial charge in [0.05, 0.1) is 56.3 Å². The van der Waals surface area contributed by atoms with E-state index in [0.717, 1.165) is 0 Å². The topological polar surface area (TPSA) is 304 Å². The van der Waals surface area contributed by atoms with Crippen molar-refractivity contribution in [3.8, 4) is 0 Å². The highest BCUT2D eigenvalue weighted by Crippen LogP contribution is 2.37. The summed E-state index contributed by atoms with van der Waals surface area (Å²) in [5.41, 5.74) is 18.4. The number of aliphatic hydroxyl groups is 8. The summed E-state index contributed by atoms with van der Waals surface area (Å²) in [6, 6.07) is -4.42. The third-order valence-electron chi connectivity index (χ3n) is 8.87. The summed E-state index contributed by atoms with van der Waals surface area (Å²) in [6.45, 7) is -0.328. The third-order valence-corrected chi connectivity index (χ3v) is 8.87. The van der Waals surface area contributed by atoms with Crippen LogP contribution in [0, 0.1) is 5.92 Å². The second kappa shape index (κ2) is 14.4. The van der Waals surface area contributed by atoms with E-state index in [-0.39, 0.29) is 19.0 Å². The quantitative estimate of drug-likeness (QED) is 0.105. The summed E-state index contributed by atoms with van der Waals surface area (Å²) >= 11 is 0. The summed E-state index contributed by atoms with van der Waals surface area (Å²) < 4.78 is 17.9. The van der Waals surface area contributed by atoms with Crippen LogP contribution in [-0.2, 0) is 14.2 Å². The molecule has 17 heteroatoms. The molecular weight excluding hydrogens is 548 g/mol. The van der Waals surface area contributed by atoms with Crippen LogP contribution in [0.1, 0.15) is 6.42 Å². The van der Waals surface area contributed by atoms with Gasteiger partial charge in [-0.1, -0.05) is 0 Å². The van der Waals surface area contributed by atoms with Crippen LogP contribution in [0.5, 0.6) is 0 Å². The van der Waals surface area contributed by atoms with Gasteiger partial charge in [-0.05, 0) is 6.42 Å². The number of nitrogens with one attached hydrogen (secondary N) is 3. The van der Waals surface area contributed by atoms with E-state index < -0.39 is 117 Å². The fourth-order valence-electron chi connectivity index (χ4n) is 6.31. The first-order valence-electron chi connectivity index (χ1n) is 14.2. The molecule has 0 radical (unpaired) electrons.